The number of anilines is 1. The van der Waals surface area contributed by atoms with Crippen LogP contribution >= 0.6 is 0 Å². The Morgan fingerprint density at radius 3 is 2.27 bits per heavy atom. The molecule has 2 aromatic carbocycles. The summed E-state index contributed by atoms with van der Waals surface area (Å²) < 4.78 is 84.1. The molecular weight excluding hydrogens is 468 g/mol. The van der Waals surface area contributed by atoms with E-state index in [1.54, 1.807) is 0 Å². The fourth-order valence-electron chi connectivity index (χ4n) is 3.41. The van der Waals surface area contributed by atoms with Gasteiger partial charge in [0.25, 0.3) is 5.91 Å². The molecule has 3 rings (SSSR count). The Hall–Kier alpha value is -2.99. The number of carbonyl (C=O) groups is 2. The minimum atomic E-state index is -4.67. The van der Waals surface area contributed by atoms with Crippen LogP contribution in [0, 0.1) is 11.7 Å². The van der Waals surface area contributed by atoms with Gasteiger partial charge in [-0.25, -0.2) is 12.8 Å². The van der Waals surface area contributed by atoms with Gasteiger partial charge in [0, 0.05) is 13.1 Å². The number of ether oxygens (including phenoxy) is 1. The molecule has 7 nitrogen and oxygen atoms in total. The number of rotatable bonds is 6. The predicted molar refractivity (Wildman–Crippen MR) is 109 cm³/mol. The van der Waals surface area contributed by atoms with E-state index in [4.69, 9.17) is 4.74 Å². The number of sulfonamides is 1. The zero-order valence-electron chi connectivity index (χ0n) is 17.1. The number of nitrogens with zero attached hydrogens (tertiary/aromatic N) is 1. The molecule has 12 heteroatoms. The Labute approximate surface area is 187 Å². The van der Waals surface area contributed by atoms with E-state index >= 15 is 0 Å². The lowest BCUT2D eigenvalue weighted by atomic mass is 9.98. The van der Waals surface area contributed by atoms with E-state index in [9.17, 15) is 35.6 Å². The molecule has 0 bridgehead atoms. The van der Waals surface area contributed by atoms with E-state index in [2.05, 4.69) is 5.32 Å². The second kappa shape index (κ2) is 9.87. The number of halogens is 4. The topological polar surface area (TPSA) is 92.8 Å². The number of alkyl halides is 3. The van der Waals surface area contributed by atoms with Crippen LogP contribution in [0.25, 0.3) is 0 Å². The Kier molecular flexibility index (Phi) is 7.38. The van der Waals surface area contributed by atoms with Crippen molar-refractivity contribution in [1.29, 1.82) is 0 Å². The summed E-state index contributed by atoms with van der Waals surface area (Å²) in [5.74, 6) is -3.29. The average Bonchev–Trinajstić information content (AvgIpc) is 2.77. The van der Waals surface area contributed by atoms with Crippen molar-refractivity contribution in [1.82, 2.24) is 4.31 Å². The molecular formula is C21H20F4N2O5S. The first-order valence-corrected chi connectivity index (χ1v) is 11.3. The molecule has 0 saturated carbocycles. The van der Waals surface area contributed by atoms with E-state index in [0.29, 0.717) is 0 Å². The number of carbonyl (C=O) groups excluding carboxylic acids is 2. The lowest BCUT2D eigenvalue weighted by molar-refractivity contribution is -0.152. The lowest BCUT2D eigenvalue weighted by Gasteiger charge is -2.30. The van der Waals surface area contributed by atoms with Gasteiger partial charge in [-0.15, -0.1) is 0 Å². The molecule has 1 amide bonds. The van der Waals surface area contributed by atoms with Crippen molar-refractivity contribution in [2.75, 3.05) is 25.0 Å². The molecule has 0 aliphatic carbocycles. The maximum absolute atomic E-state index is 13.9. The monoisotopic (exact) mass is 488 g/mol. The van der Waals surface area contributed by atoms with Gasteiger partial charge in [-0.1, -0.05) is 24.3 Å². The standard InChI is InChI=1S/C21H20F4N2O5S/c22-16-6-2-4-8-18(16)33(30,31)27-11-9-14(10-12-27)20(29)32-13-19(28)26-17-7-3-1-5-15(17)21(23,24)25/h1-8,14H,9-13H2,(H,26,28). The molecule has 1 fully saturated rings. The average molecular weight is 488 g/mol. The maximum Gasteiger partial charge on any atom is 0.418 e. The van der Waals surface area contributed by atoms with Gasteiger partial charge >= 0.3 is 12.1 Å². The van der Waals surface area contributed by atoms with E-state index in [1.165, 1.54) is 24.3 Å². The van der Waals surface area contributed by atoms with Crippen LogP contribution in [0.5, 0.6) is 0 Å². The summed E-state index contributed by atoms with van der Waals surface area (Å²) in [6, 6.07) is 9.35. The number of piperidine rings is 1. The number of esters is 1. The second-order valence-corrected chi connectivity index (χ2v) is 9.21. The van der Waals surface area contributed by atoms with Crippen molar-refractivity contribution in [3.05, 3.63) is 59.9 Å². The quantitative estimate of drug-likeness (QED) is 0.497. The van der Waals surface area contributed by atoms with Crippen LogP contribution in [0.2, 0.25) is 0 Å². The number of para-hydroxylation sites is 1. The van der Waals surface area contributed by atoms with Gasteiger partial charge in [-0.05, 0) is 37.1 Å². The number of benzene rings is 2. The lowest BCUT2D eigenvalue weighted by Crippen LogP contribution is -2.41. The van der Waals surface area contributed by atoms with E-state index < -0.39 is 62.6 Å². The molecule has 1 heterocycles. The zero-order valence-corrected chi connectivity index (χ0v) is 18.0. The van der Waals surface area contributed by atoms with Crippen LogP contribution in [-0.2, 0) is 30.5 Å². The Morgan fingerprint density at radius 2 is 1.64 bits per heavy atom. The van der Waals surface area contributed by atoms with E-state index in [-0.39, 0.29) is 25.9 Å². The molecule has 0 radical (unpaired) electrons. The van der Waals surface area contributed by atoms with Crippen LogP contribution in [0.4, 0.5) is 23.2 Å². The summed E-state index contributed by atoms with van der Waals surface area (Å²) in [6.45, 7) is -0.901. The first-order valence-electron chi connectivity index (χ1n) is 9.87. The summed E-state index contributed by atoms with van der Waals surface area (Å²) in [6.07, 6.45) is -4.49. The molecule has 1 saturated heterocycles. The zero-order chi connectivity index (χ0) is 24.2. The predicted octanol–water partition coefficient (Wildman–Crippen LogP) is 3.43. The highest BCUT2D eigenvalue weighted by Gasteiger charge is 2.35. The number of hydrogen-bond acceptors (Lipinski definition) is 5. The highest BCUT2D eigenvalue weighted by Crippen LogP contribution is 2.34. The van der Waals surface area contributed by atoms with Gasteiger partial charge in [0.1, 0.15) is 10.7 Å². The Morgan fingerprint density at radius 1 is 1.03 bits per heavy atom. The molecule has 0 atom stereocenters. The van der Waals surface area contributed by atoms with Crippen molar-refractivity contribution in [3.8, 4) is 0 Å². The fraction of sp³-hybridized carbons (Fsp3) is 0.333. The number of amides is 1. The van der Waals surface area contributed by atoms with Gasteiger partial charge < -0.3 is 10.1 Å². The van der Waals surface area contributed by atoms with Crippen molar-refractivity contribution < 1.29 is 40.3 Å². The molecule has 2 aromatic rings. The summed E-state index contributed by atoms with van der Waals surface area (Å²) >= 11 is 0. The molecule has 33 heavy (non-hydrogen) atoms. The summed E-state index contributed by atoms with van der Waals surface area (Å²) in [4.78, 5) is 23.8. The third-order valence-corrected chi connectivity index (χ3v) is 7.03. The molecule has 178 valence electrons. The highest BCUT2D eigenvalue weighted by molar-refractivity contribution is 7.89. The number of hydrogen-bond donors (Lipinski definition) is 1. The van der Waals surface area contributed by atoms with Gasteiger partial charge in [0.2, 0.25) is 10.0 Å². The van der Waals surface area contributed by atoms with Crippen molar-refractivity contribution in [3.63, 3.8) is 0 Å². The van der Waals surface area contributed by atoms with Crippen molar-refractivity contribution in [2.45, 2.75) is 23.9 Å². The Balaban J connectivity index is 1.52. The molecule has 1 N–H and O–H groups in total. The molecule has 0 unspecified atom stereocenters. The second-order valence-electron chi connectivity index (χ2n) is 7.31. The highest BCUT2D eigenvalue weighted by atomic mass is 32.2. The van der Waals surface area contributed by atoms with Gasteiger partial charge in [0.15, 0.2) is 6.61 Å². The van der Waals surface area contributed by atoms with Gasteiger partial charge in [0.05, 0.1) is 17.2 Å². The van der Waals surface area contributed by atoms with Crippen molar-refractivity contribution in [2.24, 2.45) is 5.92 Å². The van der Waals surface area contributed by atoms with Crippen LogP contribution in [0.3, 0.4) is 0 Å². The van der Waals surface area contributed by atoms with Gasteiger partial charge in [-0.2, -0.15) is 17.5 Å². The third-order valence-electron chi connectivity index (χ3n) is 5.09. The first-order chi connectivity index (χ1) is 15.5. The molecule has 0 aromatic heterocycles. The summed E-state index contributed by atoms with van der Waals surface area (Å²) in [5, 5.41) is 2.07. The Bertz CT molecular complexity index is 1130. The normalized spacial score (nSPS) is 15.8. The summed E-state index contributed by atoms with van der Waals surface area (Å²) in [7, 11) is -4.07. The fourth-order valence-corrected chi connectivity index (χ4v) is 4.94. The first kappa shape index (κ1) is 24.6. The SMILES string of the molecule is O=C(COC(=O)C1CCN(S(=O)(=O)c2ccccc2F)CC1)Nc1ccccc1C(F)(F)F. The minimum absolute atomic E-state index is 0.0540. The maximum atomic E-state index is 13.9. The van der Waals surface area contributed by atoms with Crippen LogP contribution in [0.15, 0.2) is 53.4 Å². The van der Waals surface area contributed by atoms with Crippen molar-refractivity contribution >= 4 is 27.6 Å². The minimum Gasteiger partial charge on any atom is -0.455 e. The van der Waals surface area contributed by atoms with Crippen LogP contribution < -0.4 is 5.32 Å². The van der Waals surface area contributed by atoms with E-state index in [1.807, 2.05) is 0 Å². The summed E-state index contributed by atoms with van der Waals surface area (Å²) in [5.41, 5.74) is -1.49. The largest absolute Gasteiger partial charge is 0.455 e. The van der Waals surface area contributed by atoms with E-state index in [0.717, 1.165) is 28.6 Å². The third kappa shape index (κ3) is 5.88. The number of nitrogens with one attached hydrogen (secondary N) is 1. The van der Waals surface area contributed by atoms with Gasteiger partial charge in [-0.3, -0.25) is 9.59 Å². The molecule has 1 aliphatic heterocycles. The van der Waals surface area contributed by atoms with Crippen LogP contribution in [-0.4, -0.2) is 44.3 Å². The van der Waals surface area contributed by atoms with Crippen LogP contribution in [0.1, 0.15) is 18.4 Å². The molecule has 0 spiro atoms. The smallest absolute Gasteiger partial charge is 0.418 e. The molecule has 1 aliphatic rings.